The van der Waals surface area contributed by atoms with Crippen molar-refractivity contribution in [1.29, 1.82) is 0 Å². The van der Waals surface area contributed by atoms with Crippen LogP contribution in [0.25, 0.3) is 0 Å². The average Bonchev–Trinajstić information content (AvgIpc) is 3.26. The predicted molar refractivity (Wildman–Crippen MR) is 116 cm³/mol. The van der Waals surface area contributed by atoms with Gasteiger partial charge in [0.1, 0.15) is 5.82 Å². The summed E-state index contributed by atoms with van der Waals surface area (Å²) >= 11 is 0. The van der Waals surface area contributed by atoms with Gasteiger partial charge in [-0.3, -0.25) is 4.79 Å². The standard InChI is InChI=1S/C21H31N7O/c1-2-23-21(25-10-15-27-11-3-4-12-27)26-16-18-6-5-9-24-20(18)28-13-7-17(8-14-28)19(22)29/h3-6,9,11-12,17H,2,7-8,10,13-16H2,1H3,(H2,22,29)(H2,23,25,26). The number of amides is 1. The molecule has 8 heteroatoms. The summed E-state index contributed by atoms with van der Waals surface area (Å²) in [5, 5.41) is 6.67. The molecule has 0 radical (unpaired) electrons. The van der Waals surface area contributed by atoms with E-state index in [9.17, 15) is 4.79 Å². The number of aromatic nitrogens is 2. The summed E-state index contributed by atoms with van der Waals surface area (Å²) in [5.74, 6) is 1.52. The molecule has 0 saturated carbocycles. The van der Waals surface area contributed by atoms with Crippen molar-refractivity contribution in [2.45, 2.75) is 32.9 Å². The van der Waals surface area contributed by atoms with Gasteiger partial charge in [-0.2, -0.15) is 0 Å². The molecule has 0 aliphatic carbocycles. The summed E-state index contributed by atoms with van der Waals surface area (Å²) in [5.41, 5.74) is 6.53. The Kier molecular flexibility index (Phi) is 7.49. The molecule has 4 N–H and O–H groups in total. The lowest BCUT2D eigenvalue weighted by molar-refractivity contribution is -0.122. The van der Waals surface area contributed by atoms with Crippen molar-refractivity contribution in [2.75, 3.05) is 31.1 Å². The maximum absolute atomic E-state index is 11.4. The molecule has 0 bridgehead atoms. The molecular formula is C21H31N7O. The number of carbonyl (C=O) groups is 1. The van der Waals surface area contributed by atoms with Crippen molar-refractivity contribution < 1.29 is 4.79 Å². The molecule has 1 saturated heterocycles. The minimum atomic E-state index is -0.197. The largest absolute Gasteiger partial charge is 0.369 e. The monoisotopic (exact) mass is 397 g/mol. The maximum Gasteiger partial charge on any atom is 0.220 e. The number of carbonyl (C=O) groups excluding carboxylic acids is 1. The normalized spacial score (nSPS) is 15.3. The number of piperidine rings is 1. The van der Waals surface area contributed by atoms with Crippen molar-refractivity contribution in [3.8, 4) is 0 Å². The van der Waals surface area contributed by atoms with E-state index in [1.807, 2.05) is 24.4 Å². The number of aliphatic imine (C=N–C) groups is 1. The van der Waals surface area contributed by atoms with Gasteiger partial charge in [-0.15, -0.1) is 0 Å². The Labute approximate surface area is 172 Å². The first kappa shape index (κ1) is 20.7. The quantitative estimate of drug-likeness (QED) is 0.461. The van der Waals surface area contributed by atoms with E-state index in [0.717, 1.165) is 62.9 Å². The fraction of sp³-hybridized carbons (Fsp3) is 0.476. The number of nitrogens with two attached hydrogens (primary N) is 1. The van der Waals surface area contributed by atoms with Gasteiger partial charge in [0.25, 0.3) is 0 Å². The third-order valence-corrected chi connectivity index (χ3v) is 5.14. The number of nitrogens with one attached hydrogen (secondary N) is 2. The topological polar surface area (TPSA) is 101 Å². The average molecular weight is 398 g/mol. The number of guanidine groups is 1. The fourth-order valence-electron chi connectivity index (χ4n) is 3.54. The van der Waals surface area contributed by atoms with E-state index in [-0.39, 0.29) is 11.8 Å². The second kappa shape index (κ2) is 10.5. The summed E-state index contributed by atoms with van der Waals surface area (Å²) in [6, 6.07) is 8.05. The van der Waals surface area contributed by atoms with Crippen LogP contribution in [-0.2, 0) is 17.9 Å². The molecule has 1 aliphatic rings. The van der Waals surface area contributed by atoms with Crippen LogP contribution in [0.3, 0.4) is 0 Å². The van der Waals surface area contributed by atoms with Gasteiger partial charge in [0, 0.05) is 62.8 Å². The molecule has 2 aromatic heterocycles. The van der Waals surface area contributed by atoms with E-state index < -0.39 is 0 Å². The lowest BCUT2D eigenvalue weighted by atomic mass is 9.96. The third-order valence-electron chi connectivity index (χ3n) is 5.14. The van der Waals surface area contributed by atoms with Gasteiger partial charge in [0.2, 0.25) is 5.91 Å². The highest BCUT2D eigenvalue weighted by Gasteiger charge is 2.24. The smallest absolute Gasteiger partial charge is 0.220 e. The number of pyridine rings is 1. The number of primary amides is 1. The van der Waals surface area contributed by atoms with Gasteiger partial charge >= 0.3 is 0 Å². The molecule has 3 heterocycles. The van der Waals surface area contributed by atoms with Crippen LogP contribution in [0.15, 0.2) is 47.8 Å². The molecule has 1 fully saturated rings. The van der Waals surface area contributed by atoms with Crippen molar-refractivity contribution in [1.82, 2.24) is 20.2 Å². The zero-order chi connectivity index (χ0) is 20.5. The molecule has 3 rings (SSSR count). The molecule has 8 nitrogen and oxygen atoms in total. The summed E-state index contributed by atoms with van der Waals surface area (Å²) in [4.78, 5) is 23.0. The first-order chi connectivity index (χ1) is 14.2. The Bertz CT molecular complexity index is 795. The molecule has 2 aromatic rings. The maximum atomic E-state index is 11.4. The van der Waals surface area contributed by atoms with Crippen molar-refractivity contribution in [2.24, 2.45) is 16.6 Å². The van der Waals surface area contributed by atoms with Gasteiger partial charge in [0.15, 0.2) is 5.96 Å². The van der Waals surface area contributed by atoms with Crippen molar-refractivity contribution in [3.05, 3.63) is 48.4 Å². The minimum Gasteiger partial charge on any atom is -0.369 e. The van der Waals surface area contributed by atoms with E-state index >= 15 is 0 Å². The van der Waals surface area contributed by atoms with Gasteiger partial charge in [-0.25, -0.2) is 9.98 Å². The molecule has 0 atom stereocenters. The summed E-state index contributed by atoms with van der Waals surface area (Å²) in [7, 11) is 0. The van der Waals surface area contributed by atoms with Crippen molar-refractivity contribution in [3.63, 3.8) is 0 Å². The van der Waals surface area contributed by atoms with Crippen LogP contribution in [0.1, 0.15) is 25.3 Å². The molecular weight excluding hydrogens is 366 g/mol. The van der Waals surface area contributed by atoms with Crippen LogP contribution in [0.2, 0.25) is 0 Å². The minimum absolute atomic E-state index is 0.0266. The highest BCUT2D eigenvalue weighted by molar-refractivity contribution is 5.79. The summed E-state index contributed by atoms with van der Waals surface area (Å²) in [6.45, 7) is 6.65. The number of anilines is 1. The third kappa shape index (κ3) is 5.97. The molecule has 1 aliphatic heterocycles. The molecule has 0 unspecified atom stereocenters. The predicted octanol–water partition coefficient (Wildman–Crippen LogP) is 1.34. The Hall–Kier alpha value is -3.03. The lowest BCUT2D eigenvalue weighted by Gasteiger charge is -2.32. The van der Waals surface area contributed by atoms with E-state index in [0.29, 0.717) is 6.54 Å². The van der Waals surface area contributed by atoms with Crippen molar-refractivity contribution >= 4 is 17.7 Å². The zero-order valence-corrected chi connectivity index (χ0v) is 17.1. The SMILES string of the molecule is CCNC(=NCc1cccnc1N1CCC(C(N)=O)CC1)NCCn1cccc1. The second-order valence-electron chi connectivity index (χ2n) is 7.19. The number of hydrogen-bond acceptors (Lipinski definition) is 4. The Morgan fingerprint density at radius 2 is 2.00 bits per heavy atom. The number of nitrogens with zero attached hydrogens (tertiary/aromatic N) is 4. The van der Waals surface area contributed by atoms with Crippen LogP contribution in [0.4, 0.5) is 5.82 Å². The second-order valence-corrected chi connectivity index (χ2v) is 7.19. The fourth-order valence-corrected chi connectivity index (χ4v) is 3.54. The van der Waals surface area contributed by atoms with Crippen LogP contribution >= 0.6 is 0 Å². The number of rotatable bonds is 8. The lowest BCUT2D eigenvalue weighted by Crippen LogP contribution is -2.39. The molecule has 1 amide bonds. The van der Waals surface area contributed by atoms with Crippen LogP contribution in [0, 0.1) is 5.92 Å². The molecule has 0 spiro atoms. The Morgan fingerprint density at radius 3 is 2.69 bits per heavy atom. The van der Waals surface area contributed by atoms with Gasteiger partial charge < -0.3 is 25.8 Å². The van der Waals surface area contributed by atoms with Crippen LogP contribution < -0.4 is 21.3 Å². The summed E-state index contributed by atoms with van der Waals surface area (Å²) in [6.07, 6.45) is 7.46. The zero-order valence-electron chi connectivity index (χ0n) is 17.1. The van der Waals surface area contributed by atoms with Crippen LogP contribution in [0.5, 0.6) is 0 Å². The van der Waals surface area contributed by atoms with E-state index in [1.54, 1.807) is 0 Å². The number of hydrogen-bond donors (Lipinski definition) is 3. The van der Waals surface area contributed by atoms with Gasteiger partial charge in [-0.1, -0.05) is 6.07 Å². The highest BCUT2D eigenvalue weighted by atomic mass is 16.1. The van der Waals surface area contributed by atoms with E-state index in [4.69, 9.17) is 10.7 Å². The van der Waals surface area contributed by atoms with E-state index in [2.05, 4.69) is 50.5 Å². The van der Waals surface area contributed by atoms with Gasteiger partial charge in [-0.05, 0) is 38.0 Å². The van der Waals surface area contributed by atoms with Gasteiger partial charge in [0.05, 0.1) is 6.54 Å². The molecule has 29 heavy (non-hydrogen) atoms. The van der Waals surface area contributed by atoms with Crippen LogP contribution in [-0.4, -0.2) is 47.6 Å². The Morgan fingerprint density at radius 1 is 1.24 bits per heavy atom. The highest BCUT2D eigenvalue weighted by Crippen LogP contribution is 2.24. The molecule has 0 aromatic carbocycles. The summed E-state index contributed by atoms with van der Waals surface area (Å²) < 4.78 is 2.13. The van der Waals surface area contributed by atoms with E-state index in [1.165, 1.54) is 0 Å². The first-order valence-electron chi connectivity index (χ1n) is 10.3. The Balaban J connectivity index is 1.61. The molecule has 156 valence electrons. The first-order valence-corrected chi connectivity index (χ1v) is 10.3.